The predicted octanol–water partition coefficient (Wildman–Crippen LogP) is 1.74. The number of nitrogens with one attached hydrogen (secondary N) is 1. The van der Waals surface area contributed by atoms with Crippen LogP contribution in [0, 0.1) is 11.8 Å². The Labute approximate surface area is 157 Å². The average Bonchev–Trinajstić information content (AvgIpc) is 3.00. The van der Waals surface area contributed by atoms with Crippen molar-refractivity contribution in [1.82, 2.24) is 18.8 Å². The van der Waals surface area contributed by atoms with Crippen LogP contribution in [0.2, 0.25) is 0 Å². The maximum atomic E-state index is 12.5. The summed E-state index contributed by atoms with van der Waals surface area (Å²) < 4.78 is 27.8. The summed E-state index contributed by atoms with van der Waals surface area (Å²) in [6.45, 7) is 4.90. The molecule has 1 amide bonds. The van der Waals surface area contributed by atoms with Gasteiger partial charge < -0.3 is 5.32 Å². The minimum atomic E-state index is -3.49. The number of amides is 1. The molecule has 1 N–H and O–H groups in total. The van der Waals surface area contributed by atoms with Gasteiger partial charge in [0.1, 0.15) is 0 Å². The van der Waals surface area contributed by atoms with Crippen molar-refractivity contribution in [2.24, 2.45) is 11.8 Å². The van der Waals surface area contributed by atoms with E-state index in [0.29, 0.717) is 30.4 Å². The van der Waals surface area contributed by atoms with Crippen molar-refractivity contribution in [1.29, 1.82) is 0 Å². The van der Waals surface area contributed by atoms with E-state index < -0.39 is 10.2 Å². The van der Waals surface area contributed by atoms with Crippen molar-refractivity contribution < 1.29 is 13.2 Å². The molecule has 0 bridgehead atoms. The lowest BCUT2D eigenvalue weighted by Crippen LogP contribution is -2.47. The molecule has 25 heavy (non-hydrogen) atoms. The Morgan fingerprint density at radius 3 is 2.80 bits per heavy atom. The van der Waals surface area contributed by atoms with E-state index in [0.717, 1.165) is 10.1 Å². The average molecular weight is 408 g/mol. The molecule has 1 aliphatic rings. The summed E-state index contributed by atoms with van der Waals surface area (Å²) in [5, 5.41) is 11.3. The van der Waals surface area contributed by atoms with E-state index in [4.69, 9.17) is 0 Å². The summed E-state index contributed by atoms with van der Waals surface area (Å²) in [5.41, 5.74) is 0. The largest absolute Gasteiger partial charge is 0.300 e. The molecule has 1 aliphatic heterocycles. The first-order valence-corrected chi connectivity index (χ1v) is 11.3. The third-order valence-corrected chi connectivity index (χ3v) is 8.03. The minimum Gasteiger partial charge on any atom is -0.300 e. The second-order valence-electron chi connectivity index (χ2n) is 6.55. The SMILES string of the molecule is CC(C)CSc1nnc(NC(=O)C2CCCN(S(=O)(=O)N(C)C)C2)s1. The van der Waals surface area contributed by atoms with Crippen LogP contribution in [0.4, 0.5) is 5.13 Å². The first-order chi connectivity index (χ1) is 11.7. The summed E-state index contributed by atoms with van der Waals surface area (Å²) in [7, 11) is -0.499. The van der Waals surface area contributed by atoms with Gasteiger partial charge in [-0.25, -0.2) is 0 Å². The Morgan fingerprint density at radius 1 is 1.44 bits per heavy atom. The maximum Gasteiger partial charge on any atom is 0.281 e. The smallest absolute Gasteiger partial charge is 0.281 e. The van der Waals surface area contributed by atoms with Crippen LogP contribution in [0.25, 0.3) is 0 Å². The highest BCUT2D eigenvalue weighted by molar-refractivity contribution is 8.01. The highest BCUT2D eigenvalue weighted by Gasteiger charge is 2.33. The van der Waals surface area contributed by atoms with E-state index in [1.807, 2.05) is 0 Å². The maximum absolute atomic E-state index is 12.5. The van der Waals surface area contributed by atoms with Crippen LogP contribution in [0.5, 0.6) is 0 Å². The first kappa shape index (κ1) is 20.6. The van der Waals surface area contributed by atoms with Gasteiger partial charge in [0.25, 0.3) is 10.2 Å². The molecule has 0 aliphatic carbocycles. The zero-order valence-electron chi connectivity index (χ0n) is 14.9. The molecule has 1 aromatic heterocycles. The number of anilines is 1. The molecule has 2 heterocycles. The molecule has 11 heteroatoms. The molecule has 0 spiro atoms. The molecule has 1 aromatic rings. The molecular weight excluding hydrogens is 382 g/mol. The lowest BCUT2D eigenvalue weighted by Gasteiger charge is -2.32. The van der Waals surface area contributed by atoms with Gasteiger partial charge in [0, 0.05) is 32.9 Å². The van der Waals surface area contributed by atoms with Crippen LogP contribution in [0.3, 0.4) is 0 Å². The Morgan fingerprint density at radius 2 is 2.16 bits per heavy atom. The zero-order valence-corrected chi connectivity index (χ0v) is 17.4. The van der Waals surface area contributed by atoms with E-state index in [1.165, 1.54) is 34.0 Å². The zero-order chi connectivity index (χ0) is 18.6. The van der Waals surface area contributed by atoms with Gasteiger partial charge in [0.15, 0.2) is 4.34 Å². The van der Waals surface area contributed by atoms with Gasteiger partial charge >= 0.3 is 0 Å². The van der Waals surface area contributed by atoms with E-state index >= 15 is 0 Å². The van der Waals surface area contributed by atoms with E-state index in [9.17, 15) is 13.2 Å². The monoisotopic (exact) mass is 407 g/mol. The molecule has 2 rings (SSSR count). The van der Waals surface area contributed by atoms with Crippen LogP contribution in [-0.2, 0) is 15.0 Å². The standard InChI is InChI=1S/C14H25N5O3S3/c1-10(2)9-23-14-17-16-13(24-14)15-12(20)11-6-5-7-19(8-11)25(21,22)18(3)4/h10-11H,5-9H2,1-4H3,(H,15,16,20). The second-order valence-corrected chi connectivity index (χ2v) is 10.9. The van der Waals surface area contributed by atoms with Gasteiger partial charge in [-0.1, -0.05) is 36.9 Å². The van der Waals surface area contributed by atoms with Crippen molar-refractivity contribution in [2.45, 2.75) is 31.0 Å². The number of piperidine rings is 1. The van der Waals surface area contributed by atoms with Crippen molar-refractivity contribution in [2.75, 3.05) is 38.3 Å². The van der Waals surface area contributed by atoms with Gasteiger partial charge in [-0.2, -0.15) is 17.0 Å². The van der Waals surface area contributed by atoms with Crippen LogP contribution in [0.15, 0.2) is 4.34 Å². The molecule has 1 unspecified atom stereocenters. The number of rotatable bonds is 7. The Kier molecular flexibility index (Phi) is 7.20. The molecule has 8 nitrogen and oxygen atoms in total. The number of carbonyl (C=O) groups is 1. The summed E-state index contributed by atoms with van der Waals surface area (Å²) in [6, 6.07) is 0. The van der Waals surface area contributed by atoms with E-state index in [-0.39, 0.29) is 18.4 Å². The minimum absolute atomic E-state index is 0.195. The molecule has 0 aromatic carbocycles. The van der Waals surface area contributed by atoms with Gasteiger partial charge in [0.05, 0.1) is 5.92 Å². The summed E-state index contributed by atoms with van der Waals surface area (Å²) >= 11 is 2.97. The number of hydrogen-bond acceptors (Lipinski definition) is 7. The first-order valence-electron chi connectivity index (χ1n) is 8.15. The van der Waals surface area contributed by atoms with Crippen LogP contribution in [0.1, 0.15) is 26.7 Å². The van der Waals surface area contributed by atoms with E-state index in [1.54, 1.807) is 11.8 Å². The number of nitrogens with zero attached hydrogens (tertiary/aromatic N) is 4. The number of hydrogen-bond donors (Lipinski definition) is 1. The van der Waals surface area contributed by atoms with Crippen LogP contribution >= 0.6 is 23.1 Å². The lowest BCUT2D eigenvalue weighted by molar-refractivity contribution is -0.120. The molecule has 142 valence electrons. The highest BCUT2D eigenvalue weighted by Crippen LogP contribution is 2.28. The summed E-state index contributed by atoms with van der Waals surface area (Å²) in [4.78, 5) is 12.5. The molecule has 1 saturated heterocycles. The van der Waals surface area contributed by atoms with Crippen molar-refractivity contribution in [3.8, 4) is 0 Å². The third kappa shape index (κ3) is 5.61. The predicted molar refractivity (Wildman–Crippen MR) is 101 cm³/mol. The van der Waals surface area contributed by atoms with Crippen molar-refractivity contribution in [3.05, 3.63) is 0 Å². The Hall–Kier alpha value is -0.750. The van der Waals surface area contributed by atoms with Crippen molar-refractivity contribution >= 4 is 44.3 Å². The highest BCUT2D eigenvalue weighted by atomic mass is 32.2. The third-order valence-electron chi connectivity index (χ3n) is 3.72. The molecule has 1 fully saturated rings. The fourth-order valence-electron chi connectivity index (χ4n) is 2.36. The summed E-state index contributed by atoms with van der Waals surface area (Å²) in [5.74, 6) is 0.927. The quantitative estimate of drug-likeness (QED) is 0.546. The van der Waals surface area contributed by atoms with E-state index in [2.05, 4.69) is 29.4 Å². The Balaban J connectivity index is 1.94. The number of thioether (sulfide) groups is 1. The fraction of sp³-hybridized carbons (Fsp3) is 0.786. The number of carbonyl (C=O) groups excluding carboxylic acids is 1. The van der Waals surface area contributed by atoms with Crippen molar-refractivity contribution in [3.63, 3.8) is 0 Å². The Bertz CT molecular complexity index is 690. The topological polar surface area (TPSA) is 95.5 Å². The second kappa shape index (κ2) is 8.76. The number of aromatic nitrogens is 2. The molecule has 0 radical (unpaired) electrons. The molecular formula is C14H25N5O3S3. The van der Waals surface area contributed by atoms with Gasteiger partial charge in [-0.15, -0.1) is 10.2 Å². The molecule has 1 atom stereocenters. The van der Waals surface area contributed by atoms with Gasteiger partial charge in [-0.05, 0) is 18.8 Å². The summed E-state index contributed by atoms with van der Waals surface area (Å²) in [6.07, 6.45) is 1.33. The van der Waals surface area contributed by atoms with Crippen LogP contribution in [-0.4, -0.2) is 66.1 Å². The molecule has 0 saturated carbocycles. The normalized spacial score (nSPS) is 19.5. The van der Waals surface area contributed by atoms with Gasteiger partial charge in [0.2, 0.25) is 11.0 Å². The fourth-order valence-corrected chi connectivity index (χ4v) is 5.28. The lowest BCUT2D eigenvalue weighted by atomic mass is 9.99. The van der Waals surface area contributed by atoms with Crippen LogP contribution < -0.4 is 5.32 Å². The van der Waals surface area contributed by atoms with Gasteiger partial charge in [-0.3, -0.25) is 4.79 Å².